The van der Waals surface area contributed by atoms with Gasteiger partial charge in [0.25, 0.3) is 0 Å². The molecule has 1 atom stereocenters. The maximum Gasteiger partial charge on any atom is 0.240 e. The quantitative estimate of drug-likeness (QED) is 0.885. The van der Waals surface area contributed by atoms with Crippen LogP contribution in [0.25, 0.3) is 0 Å². The van der Waals surface area contributed by atoms with Gasteiger partial charge in [-0.25, -0.2) is 0 Å². The summed E-state index contributed by atoms with van der Waals surface area (Å²) < 4.78 is 0. The van der Waals surface area contributed by atoms with Crippen LogP contribution in [0.5, 0.6) is 0 Å². The van der Waals surface area contributed by atoms with E-state index in [9.17, 15) is 4.79 Å². The SMILES string of the molecule is CNC(Cc1ccc(C#N)cc1)C(=O)N1CCCC1. The lowest BCUT2D eigenvalue weighted by Gasteiger charge is -2.22. The molecule has 1 heterocycles. The highest BCUT2D eigenvalue weighted by molar-refractivity contribution is 5.82. The molecule has 0 spiro atoms. The summed E-state index contributed by atoms with van der Waals surface area (Å²) in [6.45, 7) is 1.76. The third-order valence-electron chi connectivity index (χ3n) is 3.59. The maximum absolute atomic E-state index is 12.3. The van der Waals surface area contributed by atoms with Gasteiger partial charge < -0.3 is 10.2 Å². The molecule has 1 aromatic rings. The smallest absolute Gasteiger partial charge is 0.240 e. The molecule has 2 rings (SSSR count). The van der Waals surface area contributed by atoms with E-state index in [2.05, 4.69) is 11.4 Å². The van der Waals surface area contributed by atoms with Crippen LogP contribution in [0.2, 0.25) is 0 Å². The molecule has 1 aliphatic heterocycles. The Balaban J connectivity index is 2.01. The van der Waals surface area contributed by atoms with Crippen LogP contribution in [0.4, 0.5) is 0 Å². The fraction of sp³-hybridized carbons (Fsp3) is 0.467. The number of hydrogen-bond donors (Lipinski definition) is 1. The number of carbonyl (C=O) groups excluding carboxylic acids is 1. The van der Waals surface area contributed by atoms with Crippen molar-refractivity contribution in [2.75, 3.05) is 20.1 Å². The minimum atomic E-state index is -0.175. The lowest BCUT2D eigenvalue weighted by Crippen LogP contribution is -2.45. The van der Waals surface area contributed by atoms with Gasteiger partial charge in [-0.2, -0.15) is 5.26 Å². The topological polar surface area (TPSA) is 56.1 Å². The summed E-state index contributed by atoms with van der Waals surface area (Å²) in [5, 5.41) is 11.9. The van der Waals surface area contributed by atoms with Crippen LogP contribution in [0, 0.1) is 11.3 Å². The molecular weight excluding hydrogens is 238 g/mol. The van der Waals surface area contributed by atoms with E-state index in [1.165, 1.54) is 0 Å². The number of benzene rings is 1. The number of nitrogens with zero attached hydrogens (tertiary/aromatic N) is 2. The molecule has 4 heteroatoms. The van der Waals surface area contributed by atoms with Gasteiger partial charge in [0, 0.05) is 13.1 Å². The highest BCUT2D eigenvalue weighted by atomic mass is 16.2. The van der Waals surface area contributed by atoms with Crippen molar-refractivity contribution >= 4 is 5.91 Å². The number of carbonyl (C=O) groups is 1. The van der Waals surface area contributed by atoms with Crippen LogP contribution in [0.1, 0.15) is 24.0 Å². The Labute approximate surface area is 114 Å². The summed E-state index contributed by atoms with van der Waals surface area (Å²) in [6.07, 6.45) is 2.88. The fourth-order valence-electron chi connectivity index (χ4n) is 2.42. The number of nitriles is 1. The van der Waals surface area contributed by atoms with Crippen molar-refractivity contribution in [1.82, 2.24) is 10.2 Å². The first kappa shape index (κ1) is 13.6. The average Bonchev–Trinajstić information content (AvgIpc) is 2.99. The molecule has 1 aliphatic rings. The fourth-order valence-corrected chi connectivity index (χ4v) is 2.42. The minimum absolute atomic E-state index is 0.175. The van der Waals surface area contributed by atoms with Crippen LogP contribution >= 0.6 is 0 Å². The zero-order valence-electron chi connectivity index (χ0n) is 11.2. The van der Waals surface area contributed by atoms with Gasteiger partial charge in [-0.15, -0.1) is 0 Å². The van der Waals surface area contributed by atoms with E-state index in [1.807, 2.05) is 24.1 Å². The molecule has 1 N–H and O–H groups in total. The molecule has 0 aromatic heterocycles. The molecule has 100 valence electrons. The molecule has 0 aliphatic carbocycles. The Kier molecular flexibility index (Phi) is 4.53. The first-order valence-corrected chi connectivity index (χ1v) is 6.69. The second kappa shape index (κ2) is 6.35. The van der Waals surface area contributed by atoms with Gasteiger partial charge in [-0.1, -0.05) is 12.1 Å². The van der Waals surface area contributed by atoms with E-state index in [-0.39, 0.29) is 11.9 Å². The zero-order chi connectivity index (χ0) is 13.7. The van der Waals surface area contributed by atoms with E-state index in [1.54, 1.807) is 12.1 Å². The van der Waals surface area contributed by atoms with E-state index in [0.717, 1.165) is 31.5 Å². The maximum atomic E-state index is 12.3. The Morgan fingerprint density at radius 3 is 2.53 bits per heavy atom. The highest BCUT2D eigenvalue weighted by Crippen LogP contribution is 2.12. The van der Waals surface area contributed by atoms with E-state index >= 15 is 0 Å². The van der Waals surface area contributed by atoms with E-state index in [0.29, 0.717) is 12.0 Å². The largest absolute Gasteiger partial charge is 0.341 e. The van der Waals surface area contributed by atoms with Crippen LogP contribution < -0.4 is 5.32 Å². The summed E-state index contributed by atoms with van der Waals surface area (Å²) in [6, 6.07) is 9.34. The van der Waals surface area contributed by atoms with Crippen molar-refractivity contribution in [3.63, 3.8) is 0 Å². The summed E-state index contributed by atoms with van der Waals surface area (Å²) in [7, 11) is 1.82. The van der Waals surface area contributed by atoms with Gasteiger partial charge in [0.15, 0.2) is 0 Å². The average molecular weight is 257 g/mol. The van der Waals surface area contributed by atoms with E-state index in [4.69, 9.17) is 5.26 Å². The third-order valence-corrected chi connectivity index (χ3v) is 3.59. The lowest BCUT2D eigenvalue weighted by atomic mass is 10.0. The second-order valence-corrected chi connectivity index (χ2v) is 4.89. The molecule has 0 radical (unpaired) electrons. The number of nitrogens with one attached hydrogen (secondary N) is 1. The van der Waals surface area contributed by atoms with Crippen molar-refractivity contribution in [2.45, 2.75) is 25.3 Å². The first-order chi connectivity index (χ1) is 9.24. The molecule has 19 heavy (non-hydrogen) atoms. The Morgan fingerprint density at radius 1 is 1.37 bits per heavy atom. The van der Waals surface area contributed by atoms with Crippen molar-refractivity contribution in [1.29, 1.82) is 5.26 Å². The zero-order valence-corrected chi connectivity index (χ0v) is 11.2. The summed E-state index contributed by atoms with van der Waals surface area (Å²) >= 11 is 0. The number of rotatable bonds is 4. The predicted octanol–water partition coefficient (Wildman–Crippen LogP) is 1.31. The monoisotopic (exact) mass is 257 g/mol. The van der Waals surface area contributed by atoms with Crippen molar-refractivity contribution in [3.05, 3.63) is 35.4 Å². The lowest BCUT2D eigenvalue weighted by molar-refractivity contribution is -0.132. The Bertz CT molecular complexity index is 469. The Hall–Kier alpha value is -1.86. The van der Waals surface area contributed by atoms with Gasteiger partial charge >= 0.3 is 0 Å². The van der Waals surface area contributed by atoms with Gasteiger partial charge in [0.2, 0.25) is 5.91 Å². The van der Waals surface area contributed by atoms with E-state index < -0.39 is 0 Å². The van der Waals surface area contributed by atoms with Gasteiger partial charge in [0.1, 0.15) is 0 Å². The van der Waals surface area contributed by atoms with Crippen LogP contribution in [0.15, 0.2) is 24.3 Å². The van der Waals surface area contributed by atoms with Crippen LogP contribution in [-0.4, -0.2) is 37.0 Å². The molecule has 1 unspecified atom stereocenters. The van der Waals surface area contributed by atoms with Crippen LogP contribution in [0.3, 0.4) is 0 Å². The molecule has 0 saturated carbocycles. The highest BCUT2D eigenvalue weighted by Gasteiger charge is 2.25. The first-order valence-electron chi connectivity index (χ1n) is 6.69. The molecule has 0 bridgehead atoms. The van der Waals surface area contributed by atoms with Gasteiger partial charge in [-0.05, 0) is 44.0 Å². The Morgan fingerprint density at radius 2 is 2.00 bits per heavy atom. The van der Waals surface area contributed by atoms with Crippen molar-refractivity contribution in [3.8, 4) is 6.07 Å². The molecule has 4 nitrogen and oxygen atoms in total. The van der Waals surface area contributed by atoms with Crippen molar-refractivity contribution in [2.24, 2.45) is 0 Å². The summed E-state index contributed by atoms with van der Waals surface area (Å²) in [4.78, 5) is 14.3. The van der Waals surface area contributed by atoms with Crippen LogP contribution in [-0.2, 0) is 11.2 Å². The molecule has 1 aromatic carbocycles. The molecule has 1 fully saturated rings. The normalized spacial score (nSPS) is 16.1. The van der Waals surface area contributed by atoms with Gasteiger partial charge in [0.05, 0.1) is 17.7 Å². The molecule has 1 amide bonds. The third kappa shape index (κ3) is 3.33. The summed E-state index contributed by atoms with van der Waals surface area (Å²) in [5.41, 5.74) is 1.72. The summed E-state index contributed by atoms with van der Waals surface area (Å²) in [5.74, 6) is 0.185. The minimum Gasteiger partial charge on any atom is -0.341 e. The molecule has 1 saturated heterocycles. The number of amides is 1. The van der Waals surface area contributed by atoms with Gasteiger partial charge in [-0.3, -0.25) is 4.79 Å². The molecular formula is C15H19N3O. The van der Waals surface area contributed by atoms with Crippen molar-refractivity contribution < 1.29 is 4.79 Å². The number of hydrogen-bond acceptors (Lipinski definition) is 3. The standard InChI is InChI=1S/C15H19N3O/c1-17-14(15(19)18-8-2-3-9-18)10-12-4-6-13(11-16)7-5-12/h4-7,14,17H,2-3,8-10H2,1H3. The second-order valence-electron chi connectivity index (χ2n) is 4.89. The predicted molar refractivity (Wildman–Crippen MR) is 73.5 cm³/mol. The number of likely N-dealkylation sites (tertiary alicyclic amines) is 1. The number of likely N-dealkylation sites (N-methyl/N-ethyl adjacent to an activating group) is 1.